The van der Waals surface area contributed by atoms with Gasteiger partial charge >= 0.3 is 0 Å². The molecule has 190 valence electrons. The molecule has 0 spiro atoms. The Morgan fingerprint density at radius 3 is 2.81 bits per heavy atom. The molecule has 2 atom stereocenters. The number of hydrogen-bond donors (Lipinski definition) is 1. The Kier molecular flexibility index (Phi) is 5.43. The molecule has 5 heterocycles. The number of fused-ring (bicyclic) bond motifs is 3. The zero-order chi connectivity index (χ0) is 25.0. The maximum atomic E-state index is 14.5. The highest BCUT2D eigenvalue weighted by Crippen LogP contribution is 2.35. The number of aromatic nitrogens is 6. The molecule has 2 N–H and O–H groups in total. The van der Waals surface area contributed by atoms with E-state index in [1.807, 2.05) is 12.4 Å². The van der Waals surface area contributed by atoms with Gasteiger partial charge in [-0.05, 0) is 25.8 Å². The molecule has 36 heavy (non-hydrogen) atoms. The van der Waals surface area contributed by atoms with Gasteiger partial charge in [0.25, 0.3) is 0 Å². The normalized spacial score (nSPS) is 21.7. The molecule has 1 aromatic carbocycles. The fourth-order valence-electron chi connectivity index (χ4n) is 5.19. The van der Waals surface area contributed by atoms with Crippen LogP contribution < -0.4 is 15.4 Å². The highest BCUT2D eigenvalue weighted by molar-refractivity contribution is 5.93. The number of halogens is 2. The minimum Gasteiger partial charge on any atom is -0.494 e. The van der Waals surface area contributed by atoms with Gasteiger partial charge in [0.2, 0.25) is 5.95 Å². The van der Waals surface area contributed by atoms with Crippen molar-refractivity contribution < 1.29 is 18.3 Å². The SMILES string of the molecule is COc1cc2nc(N)n3nc(C4CCC(C)N(c5cnn(CC6(CF)COC6)c5)C4)nc3c2cc1F. The molecule has 0 aliphatic carbocycles. The van der Waals surface area contributed by atoms with Gasteiger partial charge in [-0.25, -0.2) is 14.4 Å². The summed E-state index contributed by atoms with van der Waals surface area (Å²) in [6.07, 6.45) is 5.64. The van der Waals surface area contributed by atoms with Gasteiger partial charge in [-0.3, -0.25) is 9.07 Å². The maximum Gasteiger partial charge on any atom is 0.223 e. The Hall–Kier alpha value is -3.54. The Labute approximate surface area is 206 Å². The lowest BCUT2D eigenvalue weighted by atomic mass is 9.88. The van der Waals surface area contributed by atoms with Crippen molar-refractivity contribution >= 4 is 28.2 Å². The fourth-order valence-corrected chi connectivity index (χ4v) is 5.19. The van der Waals surface area contributed by atoms with Crippen LogP contribution in [0, 0.1) is 11.2 Å². The molecule has 3 aromatic heterocycles. The van der Waals surface area contributed by atoms with Gasteiger partial charge in [-0.2, -0.15) is 9.61 Å². The molecule has 12 heteroatoms. The summed E-state index contributed by atoms with van der Waals surface area (Å²) < 4.78 is 41.6. The van der Waals surface area contributed by atoms with E-state index in [-0.39, 0.29) is 17.6 Å². The van der Waals surface area contributed by atoms with Gasteiger partial charge in [-0.1, -0.05) is 0 Å². The minimum atomic E-state index is -0.499. The van der Waals surface area contributed by atoms with Crippen molar-refractivity contribution in [2.24, 2.45) is 5.41 Å². The van der Waals surface area contributed by atoms with Gasteiger partial charge < -0.3 is 20.1 Å². The highest BCUT2D eigenvalue weighted by Gasteiger charge is 2.40. The molecule has 0 radical (unpaired) electrons. The minimum absolute atomic E-state index is 0.0409. The number of ether oxygens (including phenoxy) is 2. The van der Waals surface area contributed by atoms with E-state index in [4.69, 9.17) is 20.2 Å². The molecule has 2 saturated heterocycles. The number of nitrogen functional groups attached to an aromatic ring is 1. The predicted octanol–water partition coefficient (Wildman–Crippen LogP) is 2.96. The Balaban J connectivity index is 1.29. The first-order valence-corrected chi connectivity index (χ1v) is 12.0. The van der Waals surface area contributed by atoms with Gasteiger partial charge in [0.05, 0.1) is 49.7 Å². The first-order valence-electron chi connectivity index (χ1n) is 12.0. The summed E-state index contributed by atoms with van der Waals surface area (Å²) in [6.45, 7) is 3.78. The summed E-state index contributed by atoms with van der Waals surface area (Å²) in [4.78, 5) is 11.4. The van der Waals surface area contributed by atoms with E-state index in [9.17, 15) is 8.78 Å². The van der Waals surface area contributed by atoms with Gasteiger partial charge in [0, 0.05) is 36.2 Å². The number of methoxy groups -OCH3 is 1. The quantitative estimate of drug-likeness (QED) is 0.432. The summed E-state index contributed by atoms with van der Waals surface area (Å²) in [5, 5.41) is 9.66. The van der Waals surface area contributed by atoms with Gasteiger partial charge in [-0.15, -0.1) is 5.10 Å². The smallest absolute Gasteiger partial charge is 0.223 e. The van der Waals surface area contributed by atoms with E-state index in [1.54, 1.807) is 4.68 Å². The highest BCUT2D eigenvalue weighted by atomic mass is 19.1. The van der Waals surface area contributed by atoms with Crippen LogP contribution in [0.25, 0.3) is 16.6 Å². The van der Waals surface area contributed by atoms with E-state index < -0.39 is 17.9 Å². The Morgan fingerprint density at radius 2 is 2.08 bits per heavy atom. The molecule has 4 aromatic rings. The number of nitrogens with two attached hydrogens (primary N) is 1. The van der Waals surface area contributed by atoms with Crippen molar-refractivity contribution in [1.29, 1.82) is 0 Å². The van der Waals surface area contributed by atoms with Crippen LogP contribution >= 0.6 is 0 Å². The van der Waals surface area contributed by atoms with Crippen molar-refractivity contribution in [2.45, 2.75) is 38.3 Å². The van der Waals surface area contributed by atoms with Crippen LogP contribution in [0.1, 0.15) is 31.5 Å². The van der Waals surface area contributed by atoms with Crippen molar-refractivity contribution in [3.05, 3.63) is 36.2 Å². The number of rotatable bonds is 6. The van der Waals surface area contributed by atoms with Crippen LogP contribution in [0.3, 0.4) is 0 Å². The number of anilines is 2. The average molecular weight is 499 g/mol. The van der Waals surface area contributed by atoms with Crippen molar-refractivity contribution in [1.82, 2.24) is 29.4 Å². The summed E-state index contributed by atoms with van der Waals surface area (Å²) in [5.74, 6) is 0.451. The lowest BCUT2D eigenvalue weighted by molar-refractivity contribution is -0.133. The molecular formula is C24H28F2N8O2. The van der Waals surface area contributed by atoms with E-state index in [0.29, 0.717) is 54.7 Å². The largest absolute Gasteiger partial charge is 0.494 e. The van der Waals surface area contributed by atoms with Crippen LogP contribution in [-0.2, 0) is 11.3 Å². The second-order valence-corrected chi connectivity index (χ2v) is 9.98. The molecule has 0 amide bonds. The van der Waals surface area contributed by atoms with Gasteiger partial charge in [0.15, 0.2) is 23.0 Å². The zero-order valence-corrected chi connectivity index (χ0v) is 20.2. The van der Waals surface area contributed by atoms with E-state index in [1.165, 1.54) is 23.8 Å². The number of alkyl halides is 1. The van der Waals surface area contributed by atoms with E-state index >= 15 is 0 Å². The standard InChI is InChI=1S/C24H28F2N8O2/c1-14-3-4-15(8-33(14)16-7-28-32(9-16)11-24(10-25)12-36-13-24)21-30-22-17-5-18(26)20(35-2)6-19(17)29-23(27)34(22)31-21/h5-7,9,14-15H,3-4,8,10-13H2,1-2H3,(H2,27,29). The third-order valence-corrected chi connectivity index (χ3v) is 7.38. The second-order valence-electron chi connectivity index (χ2n) is 9.98. The molecule has 6 rings (SSSR count). The molecule has 2 unspecified atom stereocenters. The topological polar surface area (TPSA) is 109 Å². The van der Waals surface area contributed by atoms with Crippen LogP contribution in [0.2, 0.25) is 0 Å². The lowest BCUT2D eigenvalue weighted by Crippen LogP contribution is -2.47. The van der Waals surface area contributed by atoms with Crippen molar-refractivity contribution in [3.8, 4) is 5.75 Å². The average Bonchev–Trinajstić information content (AvgIpc) is 3.50. The third-order valence-electron chi connectivity index (χ3n) is 7.38. The molecule has 2 fully saturated rings. The molecule has 0 bridgehead atoms. The number of nitrogens with zero attached hydrogens (tertiary/aromatic N) is 7. The van der Waals surface area contributed by atoms with Crippen molar-refractivity contribution in [3.63, 3.8) is 0 Å². The van der Waals surface area contributed by atoms with Gasteiger partial charge in [0.1, 0.15) is 6.67 Å². The second kappa shape index (κ2) is 8.54. The third kappa shape index (κ3) is 3.71. The molecule has 10 nitrogen and oxygen atoms in total. The number of hydrogen-bond acceptors (Lipinski definition) is 8. The maximum absolute atomic E-state index is 14.5. The molecule has 0 saturated carbocycles. The summed E-state index contributed by atoms with van der Waals surface area (Å²) in [6, 6.07) is 3.17. The number of piperidine rings is 1. The van der Waals surface area contributed by atoms with Crippen LogP contribution in [0.15, 0.2) is 24.5 Å². The fraction of sp³-hybridized carbons (Fsp3) is 0.500. The van der Waals surface area contributed by atoms with Crippen LogP contribution in [0.4, 0.5) is 20.4 Å². The summed E-state index contributed by atoms with van der Waals surface area (Å²) in [7, 11) is 1.40. The molecule has 2 aliphatic rings. The summed E-state index contributed by atoms with van der Waals surface area (Å²) in [5.41, 5.74) is 7.64. The zero-order valence-electron chi connectivity index (χ0n) is 20.2. The first kappa shape index (κ1) is 22.9. The van der Waals surface area contributed by atoms with E-state index in [0.717, 1.165) is 18.5 Å². The Morgan fingerprint density at radius 1 is 1.25 bits per heavy atom. The summed E-state index contributed by atoms with van der Waals surface area (Å²) >= 11 is 0. The molecular weight excluding hydrogens is 470 g/mol. The van der Waals surface area contributed by atoms with Crippen LogP contribution in [-0.4, -0.2) is 68.9 Å². The monoisotopic (exact) mass is 498 g/mol. The number of benzene rings is 1. The first-order chi connectivity index (χ1) is 17.4. The van der Waals surface area contributed by atoms with Crippen LogP contribution in [0.5, 0.6) is 5.75 Å². The molecule has 2 aliphatic heterocycles. The van der Waals surface area contributed by atoms with E-state index in [2.05, 4.69) is 27.0 Å². The Bertz CT molecular complexity index is 1430. The van der Waals surface area contributed by atoms with Crippen molar-refractivity contribution in [2.75, 3.05) is 44.2 Å². The predicted molar refractivity (Wildman–Crippen MR) is 129 cm³/mol. The lowest BCUT2D eigenvalue weighted by Gasteiger charge is -2.39.